The molecule has 11 heteroatoms. The molecule has 0 unspecified atom stereocenters. The average Bonchev–Trinajstić information content (AvgIpc) is 3.66. The Balaban J connectivity index is 1.27. The minimum absolute atomic E-state index is 0.291. The second-order valence-corrected chi connectivity index (χ2v) is 8.56. The second-order valence-electron chi connectivity index (χ2n) is 8.56. The maximum Gasteiger partial charge on any atom is 0.259 e. The van der Waals surface area contributed by atoms with E-state index in [1.807, 2.05) is 17.0 Å². The van der Waals surface area contributed by atoms with Crippen LogP contribution in [0, 0.1) is 11.6 Å². The molecule has 2 N–H and O–H groups in total. The molecule has 3 aromatic heterocycles. The fraction of sp³-hybridized carbons (Fsp3) is 0.160. The van der Waals surface area contributed by atoms with E-state index in [9.17, 15) is 13.6 Å². The molecule has 0 radical (unpaired) electrons. The zero-order chi connectivity index (χ0) is 24.6. The van der Waals surface area contributed by atoms with Crippen molar-refractivity contribution < 1.29 is 13.6 Å². The van der Waals surface area contributed by atoms with Crippen LogP contribution in [0.25, 0.3) is 16.9 Å². The Labute approximate surface area is 203 Å². The molecule has 0 bridgehead atoms. The van der Waals surface area contributed by atoms with Gasteiger partial charge >= 0.3 is 0 Å². The standard InChI is InChI=1S/C25H20F2N8O/c26-16-5-8-21(27)19(12-16)22-2-1-10-34(22)18-9-11-35-23(13-18)20(14-28-35)25(36)29-17-6-3-15(4-7-17)24-30-32-33-31-24/h3-9,11-14,22H,1-2,10H2,(H,29,36)(H,30,31,32,33)/t22-/m1/s1. The summed E-state index contributed by atoms with van der Waals surface area (Å²) >= 11 is 0. The van der Waals surface area contributed by atoms with Gasteiger partial charge in [-0.3, -0.25) is 4.79 Å². The summed E-state index contributed by atoms with van der Waals surface area (Å²) < 4.78 is 30.0. The molecule has 9 nitrogen and oxygen atoms in total. The van der Waals surface area contributed by atoms with E-state index in [2.05, 4.69) is 31.0 Å². The van der Waals surface area contributed by atoms with Crippen LogP contribution in [0.5, 0.6) is 0 Å². The number of carbonyl (C=O) groups excluding carboxylic acids is 1. The van der Waals surface area contributed by atoms with Crippen molar-refractivity contribution in [3.05, 3.63) is 89.8 Å². The van der Waals surface area contributed by atoms with Crippen molar-refractivity contribution in [2.45, 2.75) is 18.9 Å². The number of rotatable bonds is 5. The number of hydrogen-bond donors (Lipinski definition) is 2. The molecule has 2 aromatic carbocycles. The Morgan fingerprint density at radius 3 is 2.75 bits per heavy atom. The van der Waals surface area contributed by atoms with E-state index >= 15 is 0 Å². The number of H-pyrrole nitrogens is 1. The van der Waals surface area contributed by atoms with Crippen molar-refractivity contribution in [3.63, 3.8) is 0 Å². The molecule has 0 saturated carbocycles. The van der Waals surface area contributed by atoms with Crippen molar-refractivity contribution in [2.24, 2.45) is 0 Å². The van der Waals surface area contributed by atoms with Gasteiger partial charge in [0.05, 0.1) is 23.3 Å². The first kappa shape index (κ1) is 21.8. The van der Waals surface area contributed by atoms with Crippen LogP contribution >= 0.6 is 0 Å². The molecule has 4 heterocycles. The number of aromatic nitrogens is 6. The number of nitrogens with zero attached hydrogens (tertiary/aromatic N) is 6. The number of hydrogen-bond acceptors (Lipinski definition) is 6. The van der Waals surface area contributed by atoms with Gasteiger partial charge in [0.2, 0.25) is 5.82 Å². The lowest BCUT2D eigenvalue weighted by molar-refractivity contribution is 0.102. The van der Waals surface area contributed by atoms with Gasteiger partial charge in [0, 0.05) is 35.2 Å². The summed E-state index contributed by atoms with van der Waals surface area (Å²) in [6, 6.07) is 14.1. The fourth-order valence-corrected chi connectivity index (χ4v) is 4.68. The first-order valence-electron chi connectivity index (χ1n) is 11.4. The van der Waals surface area contributed by atoms with E-state index in [1.165, 1.54) is 18.3 Å². The fourth-order valence-electron chi connectivity index (χ4n) is 4.68. The predicted molar refractivity (Wildman–Crippen MR) is 128 cm³/mol. The monoisotopic (exact) mass is 486 g/mol. The highest BCUT2D eigenvalue weighted by Gasteiger charge is 2.29. The van der Waals surface area contributed by atoms with Crippen molar-refractivity contribution in [1.82, 2.24) is 30.2 Å². The summed E-state index contributed by atoms with van der Waals surface area (Å²) in [5.74, 6) is -0.747. The second kappa shape index (κ2) is 8.84. The van der Waals surface area contributed by atoms with Crippen LogP contribution in [0.1, 0.15) is 34.8 Å². The Hall–Kier alpha value is -4.67. The maximum atomic E-state index is 14.5. The molecule has 1 aliphatic heterocycles. The minimum Gasteiger partial charge on any atom is -0.364 e. The first-order chi connectivity index (χ1) is 17.6. The summed E-state index contributed by atoms with van der Waals surface area (Å²) in [7, 11) is 0. The summed E-state index contributed by atoms with van der Waals surface area (Å²) in [5, 5.41) is 21.0. The number of tetrazole rings is 1. The van der Waals surface area contributed by atoms with Crippen LogP contribution in [-0.4, -0.2) is 42.7 Å². The topological polar surface area (TPSA) is 104 Å². The SMILES string of the molecule is O=C(Nc1ccc(-c2nn[nH]n2)cc1)c1cnn2ccc(N3CCC[C@@H]3c3cc(F)ccc3F)cc12. The number of nitrogens with one attached hydrogen (secondary N) is 2. The number of pyridine rings is 1. The predicted octanol–water partition coefficient (Wildman–Crippen LogP) is 4.39. The third-order valence-corrected chi connectivity index (χ3v) is 6.40. The van der Waals surface area contributed by atoms with Gasteiger partial charge in [0.25, 0.3) is 5.91 Å². The number of benzene rings is 2. The van der Waals surface area contributed by atoms with Gasteiger partial charge in [-0.25, -0.2) is 13.3 Å². The lowest BCUT2D eigenvalue weighted by atomic mass is 10.0. The van der Waals surface area contributed by atoms with Crippen molar-refractivity contribution in [3.8, 4) is 11.4 Å². The third kappa shape index (κ3) is 3.94. The number of amides is 1. The lowest BCUT2D eigenvalue weighted by Crippen LogP contribution is -2.23. The van der Waals surface area contributed by atoms with Crippen LogP contribution in [-0.2, 0) is 0 Å². The molecule has 6 rings (SSSR count). The minimum atomic E-state index is -0.464. The molecular formula is C25H20F2N8O. The van der Waals surface area contributed by atoms with Crippen molar-refractivity contribution >= 4 is 22.8 Å². The highest BCUT2D eigenvalue weighted by Crippen LogP contribution is 2.38. The smallest absolute Gasteiger partial charge is 0.259 e. The number of aromatic amines is 1. The molecule has 1 fully saturated rings. The summed E-state index contributed by atoms with van der Waals surface area (Å²) in [6.07, 6.45) is 4.82. The van der Waals surface area contributed by atoms with E-state index in [4.69, 9.17) is 0 Å². The molecule has 0 spiro atoms. The van der Waals surface area contributed by atoms with Gasteiger partial charge in [0.1, 0.15) is 11.6 Å². The van der Waals surface area contributed by atoms with Gasteiger partial charge in [-0.2, -0.15) is 10.3 Å². The van der Waals surface area contributed by atoms with E-state index in [1.54, 1.807) is 35.0 Å². The molecule has 1 amide bonds. The Morgan fingerprint density at radius 1 is 1.08 bits per heavy atom. The zero-order valence-electron chi connectivity index (χ0n) is 18.9. The summed E-state index contributed by atoms with van der Waals surface area (Å²) in [6.45, 7) is 0.694. The van der Waals surface area contributed by atoms with E-state index in [0.29, 0.717) is 41.1 Å². The maximum absolute atomic E-state index is 14.5. The normalized spacial score (nSPS) is 15.5. The first-order valence-corrected chi connectivity index (χ1v) is 11.4. The van der Waals surface area contributed by atoms with Crippen LogP contribution in [0.15, 0.2) is 67.0 Å². The van der Waals surface area contributed by atoms with Gasteiger partial charge in [0.15, 0.2) is 0 Å². The number of halogens is 2. The molecule has 36 heavy (non-hydrogen) atoms. The molecule has 1 saturated heterocycles. The molecule has 0 aliphatic carbocycles. The van der Waals surface area contributed by atoms with Gasteiger partial charge < -0.3 is 10.2 Å². The number of anilines is 2. The Morgan fingerprint density at radius 2 is 1.94 bits per heavy atom. The van der Waals surface area contributed by atoms with Gasteiger partial charge in [-0.15, -0.1) is 10.2 Å². The van der Waals surface area contributed by atoms with Crippen LogP contribution in [0.4, 0.5) is 20.2 Å². The molecular weight excluding hydrogens is 466 g/mol. The highest BCUT2D eigenvalue weighted by atomic mass is 19.1. The molecule has 5 aromatic rings. The van der Waals surface area contributed by atoms with Gasteiger partial charge in [-0.1, -0.05) is 0 Å². The highest BCUT2D eigenvalue weighted by molar-refractivity contribution is 6.09. The van der Waals surface area contributed by atoms with Gasteiger partial charge in [-0.05, 0) is 72.7 Å². The number of carbonyl (C=O) groups is 1. The molecule has 1 aliphatic rings. The average molecular weight is 486 g/mol. The van der Waals surface area contributed by atoms with Crippen LogP contribution < -0.4 is 10.2 Å². The van der Waals surface area contributed by atoms with Crippen molar-refractivity contribution in [1.29, 1.82) is 0 Å². The zero-order valence-corrected chi connectivity index (χ0v) is 18.9. The van der Waals surface area contributed by atoms with Crippen LogP contribution in [0.2, 0.25) is 0 Å². The third-order valence-electron chi connectivity index (χ3n) is 6.40. The quantitative estimate of drug-likeness (QED) is 0.382. The summed E-state index contributed by atoms with van der Waals surface area (Å²) in [5.41, 5.74) is 3.52. The Kier molecular flexibility index (Phi) is 5.36. The summed E-state index contributed by atoms with van der Waals surface area (Å²) in [4.78, 5) is 15.1. The van der Waals surface area contributed by atoms with Crippen molar-refractivity contribution in [2.75, 3.05) is 16.8 Å². The largest absolute Gasteiger partial charge is 0.364 e. The molecule has 1 atom stereocenters. The lowest BCUT2D eigenvalue weighted by Gasteiger charge is -2.27. The number of fused-ring (bicyclic) bond motifs is 1. The Bertz CT molecular complexity index is 1550. The van der Waals surface area contributed by atoms with E-state index in [-0.39, 0.29) is 11.9 Å². The van der Waals surface area contributed by atoms with E-state index in [0.717, 1.165) is 23.7 Å². The van der Waals surface area contributed by atoms with E-state index < -0.39 is 11.6 Å². The molecule has 180 valence electrons. The van der Waals surface area contributed by atoms with Crippen LogP contribution in [0.3, 0.4) is 0 Å².